The Hall–Kier alpha value is -0.0800. The highest BCUT2D eigenvalue weighted by Crippen LogP contribution is 2.24. The van der Waals surface area contributed by atoms with E-state index in [1.165, 1.54) is 0 Å². The Balaban J connectivity index is 4.08. The Labute approximate surface area is 88.7 Å². The molecule has 0 aromatic carbocycles. The molecule has 0 fully saturated rings. The second kappa shape index (κ2) is 6.41. The van der Waals surface area contributed by atoms with Crippen molar-refractivity contribution in [2.75, 3.05) is 6.61 Å². The Bertz CT molecular complexity index is 145. The van der Waals surface area contributed by atoms with Crippen molar-refractivity contribution in [3.05, 3.63) is 0 Å². The highest BCUT2D eigenvalue weighted by Gasteiger charge is 2.31. The van der Waals surface area contributed by atoms with E-state index in [4.69, 9.17) is 4.74 Å². The zero-order chi connectivity index (χ0) is 11.2. The maximum Gasteiger partial charge on any atom is 0.0909 e. The van der Waals surface area contributed by atoms with Gasteiger partial charge in [0.25, 0.3) is 0 Å². The molecule has 0 aliphatic heterocycles. The zero-order valence-electron chi connectivity index (χ0n) is 10.3. The largest absolute Gasteiger partial charge is 0.390 e. The molecule has 2 unspecified atom stereocenters. The van der Waals surface area contributed by atoms with Crippen molar-refractivity contribution in [3.63, 3.8) is 0 Å². The molecular formula is C12H26O2. The molecule has 0 bridgehead atoms. The summed E-state index contributed by atoms with van der Waals surface area (Å²) in [5.74, 6) is 0.646. The Kier molecular flexibility index (Phi) is 6.38. The Morgan fingerprint density at radius 1 is 1.21 bits per heavy atom. The lowest BCUT2D eigenvalue weighted by molar-refractivity contribution is -0.114. The van der Waals surface area contributed by atoms with Crippen LogP contribution in [-0.4, -0.2) is 23.4 Å². The average Bonchev–Trinajstić information content (AvgIpc) is 2.14. The molecule has 0 aliphatic carbocycles. The van der Waals surface area contributed by atoms with E-state index in [0.717, 1.165) is 19.3 Å². The molecule has 0 amide bonds. The molecule has 0 rings (SSSR count). The van der Waals surface area contributed by atoms with Crippen LogP contribution in [0.5, 0.6) is 0 Å². The maximum absolute atomic E-state index is 10.0. The summed E-state index contributed by atoms with van der Waals surface area (Å²) in [5.41, 5.74) is -0.357. The summed E-state index contributed by atoms with van der Waals surface area (Å²) in [6.45, 7) is 11.1. The fourth-order valence-corrected chi connectivity index (χ4v) is 1.56. The van der Waals surface area contributed by atoms with Crippen LogP contribution in [0, 0.1) is 5.92 Å². The van der Waals surface area contributed by atoms with Crippen molar-refractivity contribution in [2.45, 2.75) is 65.6 Å². The van der Waals surface area contributed by atoms with E-state index in [2.05, 4.69) is 20.8 Å². The molecule has 2 atom stereocenters. The van der Waals surface area contributed by atoms with E-state index >= 15 is 0 Å². The molecule has 0 aromatic heterocycles. The highest BCUT2D eigenvalue weighted by atomic mass is 16.5. The lowest BCUT2D eigenvalue weighted by atomic mass is 9.90. The fraction of sp³-hybridized carbons (Fsp3) is 1.00. The number of aliphatic hydroxyl groups excluding tert-OH is 1. The molecule has 2 heteroatoms. The minimum Gasteiger partial charge on any atom is -0.390 e. The summed E-state index contributed by atoms with van der Waals surface area (Å²) in [7, 11) is 0. The van der Waals surface area contributed by atoms with E-state index in [-0.39, 0.29) is 11.7 Å². The van der Waals surface area contributed by atoms with E-state index in [1.54, 1.807) is 0 Å². The van der Waals surface area contributed by atoms with Crippen molar-refractivity contribution < 1.29 is 9.84 Å². The first-order chi connectivity index (χ1) is 6.46. The summed E-state index contributed by atoms with van der Waals surface area (Å²) in [5, 5.41) is 10.0. The predicted octanol–water partition coefficient (Wildman–Crippen LogP) is 2.99. The standard InChI is InChI=1S/C12H26O2/c1-6-12(5,14-7-2)11(13)9-8-10(3)4/h10-11,13H,6-9H2,1-5H3. The number of aliphatic hydroxyl groups is 1. The van der Waals surface area contributed by atoms with Gasteiger partial charge in [0, 0.05) is 6.61 Å². The average molecular weight is 202 g/mol. The monoisotopic (exact) mass is 202 g/mol. The van der Waals surface area contributed by atoms with Crippen LogP contribution in [-0.2, 0) is 4.74 Å². The van der Waals surface area contributed by atoms with Crippen LogP contribution in [0.15, 0.2) is 0 Å². The van der Waals surface area contributed by atoms with E-state index in [0.29, 0.717) is 12.5 Å². The van der Waals surface area contributed by atoms with E-state index in [9.17, 15) is 5.11 Å². The van der Waals surface area contributed by atoms with E-state index in [1.807, 2.05) is 13.8 Å². The number of ether oxygens (including phenoxy) is 1. The maximum atomic E-state index is 10.0. The third-order valence-corrected chi connectivity index (χ3v) is 2.90. The molecule has 14 heavy (non-hydrogen) atoms. The molecule has 2 nitrogen and oxygen atoms in total. The summed E-state index contributed by atoms with van der Waals surface area (Å²) < 4.78 is 5.62. The van der Waals surface area contributed by atoms with Gasteiger partial charge in [0.05, 0.1) is 11.7 Å². The molecule has 0 saturated carbocycles. The van der Waals surface area contributed by atoms with Crippen LogP contribution in [0.2, 0.25) is 0 Å². The van der Waals surface area contributed by atoms with Gasteiger partial charge in [-0.3, -0.25) is 0 Å². The smallest absolute Gasteiger partial charge is 0.0909 e. The summed E-state index contributed by atoms with van der Waals surface area (Å²) >= 11 is 0. The lowest BCUT2D eigenvalue weighted by Gasteiger charge is -2.33. The minimum atomic E-state index is -0.357. The van der Waals surface area contributed by atoms with Gasteiger partial charge in [-0.05, 0) is 39.0 Å². The van der Waals surface area contributed by atoms with Crippen LogP contribution in [0.1, 0.15) is 53.9 Å². The van der Waals surface area contributed by atoms with Gasteiger partial charge >= 0.3 is 0 Å². The van der Waals surface area contributed by atoms with Crippen LogP contribution >= 0.6 is 0 Å². The number of hydrogen-bond donors (Lipinski definition) is 1. The molecule has 86 valence electrons. The van der Waals surface area contributed by atoms with Crippen molar-refractivity contribution in [2.24, 2.45) is 5.92 Å². The van der Waals surface area contributed by atoms with Gasteiger partial charge in [-0.2, -0.15) is 0 Å². The second-order valence-electron chi connectivity index (χ2n) is 4.59. The van der Waals surface area contributed by atoms with E-state index < -0.39 is 0 Å². The molecule has 0 aliphatic rings. The Morgan fingerprint density at radius 2 is 1.79 bits per heavy atom. The normalized spacial score (nSPS) is 18.2. The molecule has 0 radical (unpaired) electrons. The zero-order valence-corrected chi connectivity index (χ0v) is 10.3. The van der Waals surface area contributed by atoms with Crippen LogP contribution in [0.4, 0.5) is 0 Å². The van der Waals surface area contributed by atoms with Gasteiger partial charge in [-0.25, -0.2) is 0 Å². The first-order valence-electron chi connectivity index (χ1n) is 5.78. The third kappa shape index (κ3) is 4.43. The predicted molar refractivity (Wildman–Crippen MR) is 60.4 cm³/mol. The van der Waals surface area contributed by atoms with Crippen molar-refractivity contribution >= 4 is 0 Å². The van der Waals surface area contributed by atoms with Gasteiger partial charge in [0.1, 0.15) is 0 Å². The second-order valence-corrected chi connectivity index (χ2v) is 4.59. The van der Waals surface area contributed by atoms with Crippen LogP contribution in [0.3, 0.4) is 0 Å². The first-order valence-corrected chi connectivity index (χ1v) is 5.78. The topological polar surface area (TPSA) is 29.5 Å². The molecule has 0 aromatic rings. The lowest BCUT2D eigenvalue weighted by Crippen LogP contribution is -2.41. The van der Waals surface area contributed by atoms with Crippen molar-refractivity contribution in [1.29, 1.82) is 0 Å². The van der Waals surface area contributed by atoms with Crippen molar-refractivity contribution in [3.8, 4) is 0 Å². The van der Waals surface area contributed by atoms with Gasteiger partial charge in [0.2, 0.25) is 0 Å². The van der Waals surface area contributed by atoms with Gasteiger partial charge in [-0.1, -0.05) is 20.8 Å². The van der Waals surface area contributed by atoms with Gasteiger partial charge in [-0.15, -0.1) is 0 Å². The summed E-state index contributed by atoms with van der Waals surface area (Å²) in [4.78, 5) is 0. The molecule has 0 heterocycles. The van der Waals surface area contributed by atoms with Crippen molar-refractivity contribution in [1.82, 2.24) is 0 Å². The fourth-order valence-electron chi connectivity index (χ4n) is 1.56. The number of hydrogen-bond acceptors (Lipinski definition) is 2. The quantitative estimate of drug-likeness (QED) is 0.687. The minimum absolute atomic E-state index is 0.338. The molecule has 0 saturated heterocycles. The summed E-state index contributed by atoms with van der Waals surface area (Å²) in [6.07, 6.45) is 2.42. The third-order valence-electron chi connectivity index (χ3n) is 2.90. The Morgan fingerprint density at radius 3 is 2.14 bits per heavy atom. The highest BCUT2D eigenvalue weighted by molar-refractivity contribution is 4.82. The molecular weight excluding hydrogens is 176 g/mol. The van der Waals surface area contributed by atoms with Crippen LogP contribution < -0.4 is 0 Å². The van der Waals surface area contributed by atoms with Gasteiger partial charge < -0.3 is 9.84 Å². The first kappa shape index (κ1) is 13.9. The summed E-state index contributed by atoms with van der Waals surface area (Å²) in [6, 6.07) is 0. The molecule has 0 spiro atoms. The van der Waals surface area contributed by atoms with Gasteiger partial charge in [0.15, 0.2) is 0 Å². The SMILES string of the molecule is CCOC(C)(CC)C(O)CCC(C)C. The van der Waals surface area contributed by atoms with Crippen LogP contribution in [0.25, 0.3) is 0 Å². The number of rotatable bonds is 7. The molecule has 1 N–H and O–H groups in total.